The number of amides is 1. The molecule has 1 aliphatic carbocycles. The van der Waals surface area contributed by atoms with Crippen molar-refractivity contribution in [2.75, 3.05) is 31.7 Å². The summed E-state index contributed by atoms with van der Waals surface area (Å²) in [5.41, 5.74) is 5.73. The van der Waals surface area contributed by atoms with Crippen LogP contribution in [0.4, 0.5) is 10.9 Å². The fraction of sp³-hybridized carbons (Fsp3) is 0.636. The zero-order chi connectivity index (χ0) is 13.3. The summed E-state index contributed by atoms with van der Waals surface area (Å²) in [6.45, 7) is 0.655. The number of nitrogens with zero attached hydrogens (tertiary/aromatic N) is 2. The Bertz CT molecular complexity index is 442. The zero-order valence-corrected chi connectivity index (χ0v) is 11.3. The highest BCUT2D eigenvalue weighted by atomic mass is 32.1. The molecular formula is C11H18N4O2S. The topological polar surface area (TPSA) is 91.5 Å². The standard InChI is InChI=1S/C11H18N4O2S/c1-13-11-14-9(12)8(18-11)10(17)15(2)5-6-3-7(16)4-6/h6-7,16H,3-5,12H2,1-2H3,(H,13,14). The highest BCUT2D eigenvalue weighted by Crippen LogP contribution is 2.29. The van der Waals surface area contributed by atoms with E-state index in [1.54, 1.807) is 19.0 Å². The van der Waals surface area contributed by atoms with Gasteiger partial charge in [-0.25, -0.2) is 4.98 Å². The molecule has 2 rings (SSSR count). The molecule has 1 heterocycles. The first kappa shape index (κ1) is 13.1. The van der Waals surface area contributed by atoms with Gasteiger partial charge in [0.1, 0.15) is 10.7 Å². The van der Waals surface area contributed by atoms with Crippen molar-refractivity contribution in [3.63, 3.8) is 0 Å². The number of hydrogen-bond donors (Lipinski definition) is 3. The lowest BCUT2D eigenvalue weighted by molar-refractivity contribution is 0.0266. The molecule has 0 unspecified atom stereocenters. The molecule has 0 saturated heterocycles. The summed E-state index contributed by atoms with van der Waals surface area (Å²) >= 11 is 1.26. The van der Waals surface area contributed by atoms with Gasteiger partial charge in [0.15, 0.2) is 5.13 Å². The third-order valence-corrected chi connectivity index (χ3v) is 4.23. The molecule has 0 aliphatic heterocycles. The van der Waals surface area contributed by atoms with E-state index < -0.39 is 0 Å². The first-order chi connectivity index (χ1) is 8.51. The van der Waals surface area contributed by atoms with Crippen LogP contribution in [0.25, 0.3) is 0 Å². The van der Waals surface area contributed by atoms with Crippen molar-refractivity contribution in [2.24, 2.45) is 5.92 Å². The molecule has 18 heavy (non-hydrogen) atoms. The SMILES string of the molecule is CNc1nc(N)c(C(=O)N(C)CC2CC(O)C2)s1. The molecule has 6 nitrogen and oxygen atoms in total. The van der Waals surface area contributed by atoms with Gasteiger partial charge >= 0.3 is 0 Å². The van der Waals surface area contributed by atoms with Gasteiger partial charge in [0, 0.05) is 20.6 Å². The maximum Gasteiger partial charge on any atom is 0.267 e. The Kier molecular flexibility index (Phi) is 3.72. The van der Waals surface area contributed by atoms with Gasteiger partial charge in [-0.3, -0.25) is 4.79 Å². The Morgan fingerprint density at radius 1 is 1.67 bits per heavy atom. The van der Waals surface area contributed by atoms with E-state index in [2.05, 4.69) is 10.3 Å². The number of nitrogens with two attached hydrogens (primary N) is 1. The number of carbonyl (C=O) groups excluding carboxylic acids is 1. The van der Waals surface area contributed by atoms with E-state index in [9.17, 15) is 9.90 Å². The van der Waals surface area contributed by atoms with Crippen LogP contribution in [0, 0.1) is 5.92 Å². The predicted molar refractivity (Wildman–Crippen MR) is 71.8 cm³/mol. The van der Waals surface area contributed by atoms with E-state index in [0.717, 1.165) is 12.8 Å². The molecule has 1 aromatic rings. The van der Waals surface area contributed by atoms with Crippen LogP contribution in [-0.2, 0) is 0 Å². The molecule has 1 aliphatic rings. The fourth-order valence-corrected chi connectivity index (χ4v) is 2.92. The number of nitrogens with one attached hydrogen (secondary N) is 1. The number of rotatable bonds is 4. The monoisotopic (exact) mass is 270 g/mol. The normalized spacial score (nSPS) is 22.4. The minimum Gasteiger partial charge on any atom is -0.393 e. The Morgan fingerprint density at radius 3 is 2.83 bits per heavy atom. The highest BCUT2D eigenvalue weighted by molar-refractivity contribution is 7.18. The lowest BCUT2D eigenvalue weighted by Gasteiger charge is -2.34. The molecule has 0 aromatic carbocycles. The Hall–Kier alpha value is -1.34. The van der Waals surface area contributed by atoms with Crippen molar-refractivity contribution in [1.29, 1.82) is 0 Å². The van der Waals surface area contributed by atoms with E-state index in [0.29, 0.717) is 22.5 Å². The summed E-state index contributed by atoms with van der Waals surface area (Å²) in [6.07, 6.45) is 1.36. The van der Waals surface area contributed by atoms with Crippen LogP contribution in [0.5, 0.6) is 0 Å². The maximum atomic E-state index is 12.2. The summed E-state index contributed by atoms with van der Waals surface area (Å²) < 4.78 is 0. The quantitative estimate of drug-likeness (QED) is 0.745. The molecule has 1 fully saturated rings. The number of carbonyl (C=O) groups is 1. The number of thiazole rings is 1. The largest absolute Gasteiger partial charge is 0.393 e. The van der Waals surface area contributed by atoms with Gasteiger partial charge in [-0.05, 0) is 18.8 Å². The van der Waals surface area contributed by atoms with Gasteiger partial charge in [-0.15, -0.1) is 0 Å². The van der Waals surface area contributed by atoms with Crippen molar-refractivity contribution >= 4 is 28.2 Å². The average molecular weight is 270 g/mol. The minimum absolute atomic E-state index is 0.104. The van der Waals surface area contributed by atoms with E-state index in [-0.39, 0.29) is 17.8 Å². The first-order valence-electron chi connectivity index (χ1n) is 5.88. The fourth-order valence-electron chi connectivity index (χ4n) is 2.09. The number of aliphatic hydroxyl groups is 1. The van der Waals surface area contributed by atoms with Crippen molar-refractivity contribution in [1.82, 2.24) is 9.88 Å². The Balaban J connectivity index is 1.98. The zero-order valence-electron chi connectivity index (χ0n) is 10.5. The lowest BCUT2D eigenvalue weighted by Crippen LogP contribution is -2.39. The molecule has 1 saturated carbocycles. The lowest BCUT2D eigenvalue weighted by atomic mass is 9.82. The maximum absolute atomic E-state index is 12.2. The number of aliphatic hydroxyl groups excluding tert-OH is 1. The van der Waals surface area contributed by atoms with Gasteiger partial charge in [0.05, 0.1) is 6.10 Å². The van der Waals surface area contributed by atoms with Crippen LogP contribution in [-0.4, -0.2) is 47.6 Å². The van der Waals surface area contributed by atoms with Gasteiger partial charge in [0.25, 0.3) is 5.91 Å². The first-order valence-corrected chi connectivity index (χ1v) is 6.70. The van der Waals surface area contributed by atoms with Gasteiger partial charge in [-0.2, -0.15) is 0 Å². The second-order valence-corrected chi connectivity index (χ2v) is 5.66. The second-order valence-electron chi connectivity index (χ2n) is 4.66. The van der Waals surface area contributed by atoms with E-state index in [1.807, 2.05) is 0 Å². The Labute approximate surface area is 110 Å². The van der Waals surface area contributed by atoms with Gasteiger partial charge in [0.2, 0.25) is 0 Å². The van der Waals surface area contributed by atoms with Crippen LogP contribution in [0.1, 0.15) is 22.5 Å². The molecule has 0 bridgehead atoms. The Morgan fingerprint density at radius 2 is 2.33 bits per heavy atom. The molecular weight excluding hydrogens is 252 g/mol. The van der Waals surface area contributed by atoms with Crippen LogP contribution in [0.15, 0.2) is 0 Å². The van der Waals surface area contributed by atoms with E-state index in [1.165, 1.54) is 11.3 Å². The average Bonchev–Trinajstić information content (AvgIpc) is 2.67. The second kappa shape index (κ2) is 5.11. The van der Waals surface area contributed by atoms with Crippen molar-refractivity contribution in [3.8, 4) is 0 Å². The van der Waals surface area contributed by atoms with Crippen LogP contribution < -0.4 is 11.1 Å². The minimum atomic E-state index is -0.192. The van der Waals surface area contributed by atoms with Crippen LogP contribution in [0.3, 0.4) is 0 Å². The molecule has 1 amide bonds. The van der Waals surface area contributed by atoms with E-state index >= 15 is 0 Å². The highest BCUT2D eigenvalue weighted by Gasteiger charge is 2.30. The number of hydrogen-bond acceptors (Lipinski definition) is 6. The summed E-state index contributed by atoms with van der Waals surface area (Å²) in [6, 6.07) is 0. The smallest absolute Gasteiger partial charge is 0.267 e. The predicted octanol–water partition coefficient (Wildman–Crippen LogP) is 0.610. The summed E-state index contributed by atoms with van der Waals surface area (Å²) in [5.74, 6) is 0.564. The summed E-state index contributed by atoms with van der Waals surface area (Å²) in [5, 5.41) is 12.7. The summed E-state index contributed by atoms with van der Waals surface area (Å²) in [7, 11) is 3.50. The van der Waals surface area contributed by atoms with Crippen molar-refractivity contribution in [2.45, 2.75) is 18.9 Å². The van der Waals surface area contributed by atoms with Crippen molar-refractivity contribution in [3.05, 3.63) is 4.88 Å². The number of nitrogen functional groups attached to an aromatic ring is 1. The third-order valence-electron chi connectivity index (χ3n) is 3.15. The van der Waals surface area contributed by atoms with Gasteiger partial charge < -0.3 is 21.1 Å². The molecule has 0 atom stereocenters. The number of anilines is 2. The third kappa shape index (κ3) is 2.56. The molecule has 0 spiro atoms. The summed E-state index contributed by atoms with van der Waals surface area (Å²) in [4.78, 5) is 18.4. The molecule has 4 N–H and O–H groups in total. The molecule has 100 valence electrons. The molecule has 1 aromatic heterocycles. The van der Waals surface area contributed by atoms with E-state index in [4.69, 9.17) is 5.73 Å². The van der Waals surface area contributed by atoms with Crippen LogP contribution in [0.2, 0.25) is 0 Å². The van der Waals surface area contributed by atoms with Gasteiger partial charge in [-0.1, -0.05) is 11.3 Å². The van der Waals surface area contributed by atoms with Crippen LogP contribution >= 0.6 is 11.3 Å². The van der Waals surface area contributed by atoms with Crippen molar-refractivity contribution < 1.29 is 9.90 Å². The molecule has 7 heteroatoms. The molecule has 0 radical (unpaired) electrons. The number of aromatic nitrogens is 1.